The highest BCUT2D eigenvalue weighted by molar-refractivity contribution is 9.10. The number of thiophene rings is 1. The molecule has 0 aliphatic carbocycles. The molecule has 0 spiro atoms. The molecule has 0 aliphatic heterocycles. The summed E-state index contributed by atoms with van der Waals surface area (Å²) in [5.41, 5.74) is 2.89. The number of ether oxygens (including phenoxy) is 3. The van der Waals surface area contributed by atoms with Crippen LogP contribution in [0.15, 0.2) is 46.9 Å². The Morgan fingerprint density at radius 1 is 1.03 bits per heavy atom. The normalized spacial score (nSPS) is 10.5. The maximum absolute atomic E-state index is 12.6. The minimum Gasteiger partial charge on any atom is -0.494 e. The van der Waals surface area contributed by atoms with E-state index in [2.05, 4.69) is 21.2 Å². The smallest absolute Gasteiger partial charge is 0.341 e. The Kier molecular flexibility index (Phi) is 7.93. The highest BCUT2D eigenvalue weighted by Crippen LogP contribution is 2.40. The standard InChI is InChI=1S/C24H24BrNO5S/c1-5-30-17-8-6-16(7-9-17)21-15(3)32-23(22(21)24(28)29-4)26-20(27)13-31-18-10-11-19(25)14(2)12-18/h6-12H,5,13H2,1-4H3,(H,26,27). The summed E-state index contributed by atoms with van der Waals surface area (Å²) < 4.78 is 17.1. The first-order valence-corrected chi connectivity index (χ1v) is 11.6. The van der Waals surface area contributed by atoms with Crippen LogP contribution < -0.4 is 14.8 Å². The molecule has 0 fully saturated rings. The number of methoxy groups -OCH3 is 1. The molecule has 8 heteroatoms. The van der Waals surface area contributed by atoms with Crippen molar-refractivity contribution in [2.45, 2.75) is 20.8 Å². The second-order valence-electron chi connectivity index (χ2n) is 6.93. The molecule has 0 bridgehead atoms. The molecule has 0 atom stereocenters. The van der Waals surface area contributed by atoms with Crippen molar-refractivity contribution in [1.29, 1.82) is 0 Å². The molecule has 168 valence electrons. The van der Waals surface area contributed by atoms with Gasteiger partial charge in [0.1, 0.15) is 22.1 Å². The predicted octanol–water partition coefficient (Wildman–Crippen LogP) is 6.00. The van der Waals surface area contributed by atoms with Gasteiger partial charge in [-0.15, -0.1) is 11.3 Å². The van der Waals surface area contributed by atoms with E-state index < -0.39 is 5.97 Å². The maximum atomic E-state index is 12.6. The minimum atomic E-state index is -0.516. The number of halogens is 1. The number of carbonyl (C=O) groups is 2. The van der Waals surface area contributed by atoms with Crippen molar-refractivity contribution in [3.63, 3.8) is 0 Å². The summed E-state index contributed by atoms with van der Waals surface area (Å²) in [5.74, 6) is 0.456. The van der Waals surface area contributed by atoms with Gasteiger partial charge in [-0.25, -0.2) is 4.79 Å². The fraction of sp³-hybridized carbons (Fsp3) is 0.250. The Balaban J connectivity index is 1.83. The lowest BCUT2D eigenvalue weighted by Gasteiger charge is -2.10. The van der Waals surface area contributed by atoms with Crippen LogP contribution in [0.5, 0.6) is 11.5 Å². The number of amides is 1. The maximum Gasteiger partial charge on any atom is 0.341 e. The van der Waals surface area contributed by atoms with Gasteiger partial charge in [0.05, 0.1) is 13.7 Å². The van der Waals surface area contributed by atoms with E-state index in [0.717, 1.165) is 31.8 Å². The molecule has 0 saturated heterocycles. The molecule has 32 heavy (non-hydrogen) atoms. The average molecular weight is 518 g/mol. The molecule has 3 rings (SSSR count). The Morgan fingerprint density at radius 3 is 2.34 bits per heavy atom. The summed E-state index contributed by atoms with van der Waals surface area (Å²) in [6.45, 7) is 6.15. The molecule has 1 amide bonds. The Morgan fingerprint density at radius 2 is 1.72 bits per heavy atom. The van der Waals surface area contributed by atoms with Crippen LogP contribution in [0.4, 0.5) is 5.00 Å². The quantitative estimate of drug-likeness (QED) is 0.371. The van der Waals surface area contributed by atoms with Crippen LogP contribution in [0.2, 0.25) is 0 Å². The zero-order valence-corrected chi connectivity index (χ0v) is 20.7. The Bertz CT molecular complexity index is 1120. The molecule has 1 N–H and O–H groups in total. The number of aryl methyl sites for hydroxylation is 2. The van der Waals surface area contributed by atoms with Gasteiger partial charge >= 0.3 is 5.97 Å². The molecule has 3 aromatic rings. The molecule has 6 nitrogen and oxygen atoms in total. The molecular formula is C24H24BrNO5S. The highest BCUT2D eigenvalue weighted by atomic mass is 79.9. The summed E-state index contributed by atoms with van der Waals surface area (Å²) in [6.07, 6.45) is 0. The predicted molar refractivity (Wildman–Crippen MR) is 130 cm³/mol. The third-order valence-corrected chi connectivity index (χ3v) is 6.59. The van der Waals surface area contributed by atoms with Gasteiger partial charge in [-0.3, -0.25) is 4.79 Å². The van der Waals surface area contributed by atoms with E-state index >= 15 is 0 Å². The number of hydrogen-bond acceptors (Lipinski definition) is 6. The van der Waals surface area contributed by atoms with Crippen LogP contribution in [0.25, 0.3) is 11.1 Å². The van der Waals surface area contributed by atoms with Gasteiger partial charge in [0.2, 0.25) is 0 Å². The van der Waals surface area contributed by atoms with E-state index in [4.69, 9.17) is 14.2 Å². The van der Waals surface area contributed by atoms with Crippen LogP contribution in [0.3, 0.4) is 0 Å². The van der Waals surface area contributed by atoms with Crippen molar-refractivity contribution in [3.8, 4) is 22.6 Å². The van der Waals surface area contributed by atoms with Crippen molar-refractivity contribution < 1.29 is 23.8 Å². The van der Waals surface area contributed by atoms with E-state index in [9.17, 15) is 9.59 Å². The zero-order chi connectivity index (χ0) is 23.3. The zero-order valence-electron chi connectivity index (χ0n) is 18.3. The van der Waals surface area contributed by atoms with Gasteiger partial charge in [0, 0.05) is 14.9 Å². The first kappa shape index (κ1) is 23.8. The summed E-state index contributed by atoms with van der Waals surface area (Å²) >= 11 is 4.76. The van der Waals surface area contributed by atoms with Gasteiger partial charge in [-0.1, -0.05) is 28.1 Å². The van der Waals surface area contributed by atoms with E-state index in [-0.39, 0.29) is 12.5 Å². The fourth-order valence-corrected chi connectivity index (χ4v) is 4.51. The first-order valence-electron chi connectivity index (χ1n) is 9.97. The molecule has 1 heterocycles. The van der Waals surface area contributed by atoms with Crippen molar-refractivity contribution in [1.82, 2.24) is 0 Å². The number of benzene rings is 2. The molecule has 1 aromatic heterocycles. The molecule has 2 aromatic carbocycles. The van der Waals surface area contributed by atoms with E-state index in [1.165, 1.54) is 18.4 Å². The van der Waals surface area contributed by atoms with Crippen LogP contribution >= 0.6 is 27.3 Å². The lowest BCUT2D eigenvalue weighted by molar-refractivity contribution is -0.118. The van der Waals surface area contributed by atoms with Gasteiger partial charge in [-0.2, -0.15) is 0 Å². The number of rotatable bonds is 8. The second kappa shape index (κ2) is 10.7. The van der Waals surface area contributed by atoms with Crippen LogP contribution in [-0.4, -0.2) is 32.2 Å². The highest BCUT2D eigenvalue weighted by Gasteiger charge is 2.25. The fourth-order valence-electron chi connectivity index (χ4n) is 3.18. The molecule has 0 radical (unpaired) electrons. The van der Waals surface area contributed by atoms with E-state index in [0.29, 0.717) is 22.9 Å². The summed E-state index contributed by atoms with van der Waals surface area (Å²) in [5, 5.41) is 3.23. The third kappa shape index (κ3) is 5.49. The molecule has 0 saturated carbocycles. The Hall–Kier alpha value is -2.84. The lowest BCUT2D eigenvalue weighted by Crippen LogP contribution is -2.21. The second-order valence-corrected chi connectivity index (χ2v) is 9.01. The number of hydrogen-bond donors (Lipinski definition) is 1. The summed E-state index contributed by atoms with van der Waals surface area (Å²) in [6, 6.07) is 13.0. The average Bonchev–Trinajstić information content (AvgIpc) is 3.10. The number of nitrogens with one attached hydrogen (secondary N) is 1. The van der Waals surface area contributed by atoms with Gasteiger partial charge in [-0.05, 0) is 62.2 Å². The van der Waals surface area contributed by atoms with Crippen molar-refractivity contribution in [2.24, 2.45) is 0 Å². The van der Waals surface area contributed by atoms with Crippen LogP contribution in [0, 0.1) is 13.8 Å². The number of carbonyl (C=O) groups excluding carboxylic acids is 2. The molecular weight excluding hydrogens is 494 g/mol. The van der Waals surface area contributed by atoms with Gasteiger partial charge in [0.15, 0.2) is 6.61 Å². The van der Waals surface area contributed by atoms with Crippen molar-refractivity contribution in [2.75, 3.05) is 25.6 Å². The van der Waals surface area contributed by atoms with Crippen LogP contribution in [-0.2, 0) is 9.53 Å². The molecule has 0 aliphatic rings. The van der Waals surface area contributed by atoms with Crippen molar-refractivity contribution in [3.05, 3.63) is 62.9 Å². The summed E-state index contributed by atoms with van der Waals surface area (Å²) in [4.78, 5) is 26.1. The number of anilines is 1. The Labute approximate surface area is 199 Å². The third-order valence-electron chi connectivity index (χ3n) is 4.68. The minimum absolute atomic E-state index is 0.184. The SMILES string of the molecule is CCOc1ccc(-c2c(C)sc(NC(=O)COc3ccc(Br)c(C)c3)c2C(=O)OC)cc1. The number of esters is 1. The largest absolute Gasteiger partial charge is 0.494 e. The molecule has 0 unspecified atom stereocenters. The van der Waals surface area contributed by atoms with E-state index in [1.54, 1.807) is 6.07 Å². The lowest BCUT2D eigenvalue weighted by atomic mass is 10.0. The van der Waals surface area contributed by atoms with Gasteiger partial charge < -0.3 is 19.5 Å². The van der Waals surface area contributed by atoms with Crippen molar-refractivity contribution >= 4 is 44.1 Å². The van der Waals surface area contributed by atoms with Gasteiger partial charge in [0.25, 0.3) is 5.91 Å². The van der Waals surface area contributed by atoms with Crippen LogP contribution in [0.1, 0.15) is 27.7 Å². The first-order chi connectivity index (χ1) is 15.3. The topological polar surface area (TPSA) is 73.9 Å². The summed E-state index contributed by atoms with van der Waals surface area (Å²) in [7, 11) is 1.32. The van der Waals surface area contributed by atoms with E-state index in [1.807, 2.05) is 57.2 Å². The monoisotopic (exact) mass is 517 g/mol.